The molecule has 0 radical (unpaired) electrons. The van der Waals surface area contributed by atoms with Crippen molar-refractivity contribution in [2.75, 3.05) is 33.4 Å². The first-order chi connectivity index (χ1) is 14.0. The number of hydrogen-bond acceptors (Lipinski definition) is 4. The van der Waals surface area contributed by atoms with Crippen LogP contribution < -0.4 is 10.1 Å². The van der Waals surface area contributed by atoms with E-state index < -0.39 is 0 Å². The van der Waals surface area contributed by atoms with Gasteiger partial charge in [-0.2, -0.15) is 0 Å². The van der Waals surface area contributed by atoms with Crippen molar-refractivity contribution in [1.82, 2.24) is 10.2 Å². The topological polar surface area (TPSA) is 50.8 Å². The zero-order chi connectivity index (χ0) is 20.6. The monoisotopic (exact) mass is 436 g/mol. The van der Waals surface area contributed by atoms with Gasteiger partial charge in [-0.25, -0.2) is 0 Å². The van der Waals surface area contributed by atoms with Crippen LogP contribution in [-0.4, -0.2) is 50.3 Å². The van der Waals surface area contributed by atoms with Crippen LogP contribution in [0.4, 0.5) is 0 Å². The van der Waals surface area contributed by atoms with Gasteiger partial charge < -0.3 is 14.8 Å². The average Bonchev–Trinajstić information content (AvgIpc) is 2.71. The minimum Gasteiger partial charge on any atom is -0.489 e. The van der Waals surface area contributed by atoms with Crippen LogP contribution in [0.25, 0.3) is 0 Å². The molecule has 156 valence electrons. The van der Waals surface area contributed by atoms with Gasteiger partial charge in [0.2, 0.25) is 0 Å². The summed E-state index contributed by atoms with van der Waals surface area (Å²) in [4.78, 5) is 14.5. The Morgan fingerprint density at radius 1 is 1.17 bits per heavy atom. The van der Waals surface area contributed by atoms with Crippen molar-refractivity contribution in [1.29, 1.82) is 0 Å². The summed E-state index contributed by atoms with van der Waals surface area (Å²) < 4.78 is 11.0. The molecule has 0 aromatic heterocycles. The second-order valence-electron chi connectivity index (χ2n) is 7.12. The van der Waals surface area contributed by atoms with Gasteiger partial charge in [0.1, 0.15) is 11.9 Å². The molecule has 1 amide bonds. The van der Waals surface area contributed by atoms with Gasteiger partial charge in [-0.3, -0.25) is 9.69 Å². The van der Waals surface area contributed by atoms with Gasteiger partial charge in [-0.05, 0) is 48.7 Å². The Hall–Kier alpha value is -1.79. The molecular weight excluding hydrogens is 411 g/mol. The first-order valence-electron chi connectivity index (χ1n) is 9.75. The lowest BCUT2D eigenvalue weighted by atomic mass is 10.1. The third kappa shape index (κ3) is 6.61. The standard InChI is InChI=1S/C22H26Cl2N2O3/c1-28-12-9-25-22(27)17-5-6-21(20(24)14-17)29-19-7-10-26(11-8-19)15-16-3-2-4-18(23)13-16/h2-6,13-14,19H,7-12,15H2,1H3,(H,25,27). The van der Waals surface area contributed by atoms with Gasteiger partial charge in [0.25, 0.3) is 5.91 Å². The summed E-state index contributed by atoms with van der Waals surface area (Å²) in [7, 11) is 1.59. The summed E-state index contributed by atoms with van der Waals surface area (Å²) in [6.45, 7) is 3.72. The number of carbonyl (C=O) groups excluding carboxylic acids is 1. The summed E-state index contributed by atoms with van der Waals surface area (Å²) >= 11 is 12.4. The summed E-state index contributed by atoms with van der Waals surface area (Å²) in [6.07, 6.45) is 1.97. The largest absolute Gasteiger partial charge is 0.489 e. The molecule has 0 spiro atoms. The summed E-state index contributed by atoms with van der Waals surface area (Å²) in [5, 5.41) is 4.00. The number of piperidine rings is 1. The highest BCUT2D eigenvalue weighted by Gasteiger charge is 2.21. The van der Waals surface area contributed by atoms with Gasteiger partial charge >= 0.3 is 0 Å². The van der Waals surface area contributed by atoms with Crippen LogP contribution in [0.2, 0.25) is 10.0 Å². The highest BCUT2D eigenvalue weighted by molar-refractivity contribution is 6.32. The highest BCUT2D eigenvalue weighted by atomic mass is 35.5. The summed E-state index contributed by atoms with van der Waals surface area (Å²) in [6, 6.07) is 13.1. The van der Waals surface area contributed by atoms with Gasteiger partial charge in [0.15, 0.2) is 0 Å². The highest BCUT2D eigenvalue weighted by Crippen LogP contribution is 2.29. The third-order valence-electron chi connectivity index (χ3n) is 4.91. The fourth-order valence-corrected chi connectivity index (χ4v) is 3.80. The van der Waals surface area contributed by atoms with E-state index in [2.05, 4.69) is 16.3 Å². The van der Waals surface area contributed by atoms with Crippen LogP contribution in [0, 0.1) is 0 Å². The molecule has 1 aliphatic heterocycles. The maximum atomic E-state index is 12.1. The number of benzene rings is 2. The molecule has 0 unspecified atom stereocenters. The lowest BCUT2D eigenvalue weighted by molar-refractivity contribution is 0.0935. The lowest BCUT2D eigenvalue weighted by Crippen LogP contribution is -2.37. The van der Waals surface area contributed by atoms with E-state index in [4.69, 9.17) is 32.7 Å². The molecule has 7 heteroatoms. The van der Waals surface area contributed by atoms with Crippen molar-refractivity contribution in [3.05, 3.63) is 63.6 Å². The Balaban J connectivity index is 1.49. The molecular formula is C22H26Cl2N2O3. The van der Waals surface area contributed by atoms with Gasteiger partial charge in [-0.1, -0.05) is 35.3 Å². The molecule has 1 saturated heterocycles. The Labute approximate surface area is 181 Å². The first-order valence-corrected chi connectivity index (χ1v) is 10.5. The molecule has 29 heavy (non-hydrogen) atoms. The fourth-order valence-electron chi connectivity index (χ4n) is 3.36. The van der Waals surface area contributed by atoms with E-state index in [9.17, 15) is 4.79 Å². The number of nitrogens with one attached hydrogen (secondary N) is 1. The second-order valence-corrected chi connectivity index (χ2v) is 7.96. The van der Waals surface area contributed by atoms with Crippen LogP contribution in [0.3, 0.4) is 0 Å². The van der Waals surface area contributed by atoms with E-state index in [1.165, 1.54) is 5.56 Å². The summed E-state index contributed by atoms with van der Waals surface area (Å²) in [5.74, 6) is 0.443. The van der Waals surface area contributed by atoms with Crippen LogP contribution in [0.1, 0.15) is 28.8 Å². The number of carbonyl (C=O) groups is 1. The molecule has 5 nitrogen and oxygen atoms in total. The van der Waals surface area contributed by atoms with E-state index >= 15 is 0 Å². The Kier molecular flexibility index (Phi) is 8.19. The molecule has 0 aliphatic carbocycles. The molecule has 1 fully saturated rings. The molecule has 0 bridgehead atoms. The molecule has 2 aromatic carbocycles. The van der Waals surface area contributed by atoms with Crippen molar-refractivity contribution in [2.24, 2.45) is 0 Å². The first kappa shape index (κ1) is 21.9. The van der Waals surface area contributed by atoms with Gasteiger partial charge in [0, 0.05) is 43.9 Å². The third-order valence-corrected chi connectivity index (χ3v) is 5.44. The smallest absolute Gasteiger partial charge is 0.251 e. The van der Waals surface area contributed by atoms with Crippen LogP contribution in [-0.2, 0) is 11.3 Å². The van der Waals surface area contributed by atoms with E-state index in [1.807, 2.05) is 18.2 Å². The average molecular weight is 437 g/mol. The Morgan fingerprint density at radius 2 is 1.97 bits per heavy atom. The van der Waals surface area contributed by atoms with Crippen molar-refractivity contribution < 1.29 is 14.3 Å². The van der Waals surface area contributed by atoms with E-state index in [0.29, 0.717) is 29.5 Å². The number of rotatable bonds is 8. The molecule has 0 atom stereocenters. The summed E-state index contributed by atoms with van der Waals surface area (Å²) in [5.41, 5.74) is 1.73. The normalized spacial score (nSPS) is 15.3. The zero-order valence-corrected chi connectivity index (χ0v) is 18.0. The van der Waals surface area contributed by atoms with Crippen LogP contribution >= 0.6 is 23.2 Å². The van der Waals surface area contributed by atoms with Crippen LogP contribution in [0.15, 0.2) is 42.5 Å². The zero-order valence-electron chi connectivity index (χ0n) is 16.5. The fraction of sp³-hybridized carbons (Fsp3) is 0.409. The van der Waals surface area contributed by atoms with Gasteiger partial charge in [0.05, 0.1) is 11.6 Å². The number of amides is 1. The molecule has 2 aromatic rings. The molecule has 3 rings (SSSR count). The number of halogens is 2. The molecule has 0 saturated carbocycles. The predicted octanol–water partition coefficient (Wildman–Crippen LogP) is 4.41. The van der Waals surface area contributed by atoms with Crippen molar-refractivity contribution in [3.63, 3.8) is 0 Å². The lowest BCUT2D eigenvalue weighted by Gasteiger charge is -2.32. The predicted molar refractivity (Wildman–Crippen MR) is 116 cm³/mol. The van der Waals surface area contributed by atoms with Gasteiger partial charge in [-0.15, -0.1) is 0 Å². The van der Waals surface area contributed by atoms with Crippen molar-refractivity contribution in [2.45, 2.75) is 25.5 Å². The Bertz CT molecular complexity index is 823. The van der Waals surface area contributed by atoms with Crippen molar-refractivity contribution >= 4 is 29.1 Å². The quantitative estimate of drug-likeness (QED) is 0.622. The minimum atomic E-state index is -0.176. The maximum Gasteiger partial charge on any atom is 0.251 e. The number of methoxy groups -OCH3 is 1. The molecule has 1 N–H and O–H groups in total. The minimum absolute atomic E-state index is 0.115. The van der Waals surface area contributed by atoms with E-state index in [-0.39, 0.29) is 12.0 Å². The Morgan fingerprint density at radius 3 is 2.66 bits per heavy atom. The van der Waals surface area contributed by atoms with E-state index in [0.717, 1.165) is 37.5 Å². The second kappa shape index (κ2) is 10.8. The van der Waals surface area contributed by atoms with E-state index in [1.54, 1.807) is 25.3 Å². The molecule has 1 heterocycles. The number of hydrogen-bond donors (Lipinski definition) is 1. The number of ether oxygens (including phenoxy) is 2. The van der Waals surface area contributed by atoms with Crippen molar-refractivity contribution in [3.8, 4) is 5.75 Å². The number of likely N-dealkylation sites (tertiary alicyclic amines) is 1. The SMILES string of the molecule is COCCNC(=O)c1ccc(OC2CCN(Cc3cccc(Cl)c3)CC2)c(Cl)c1. The maximum absolute atomic E-state index is 12.1. The number of nitrogens with zero attached hydrogens (tertiary/aromatic N) is 1. The molecule has 1 aliphatic rings. The van der Waals surface area contributed by atoms with Crippen LogP contribution in [0.5, 0.6) is 5.75 Å².